The number of likely N-dealkylation sites (tertiary alicyclic amines) is 1. The summed E-state index contributed by atoms with van der Waals surface area (Å²) in [5.41, 5.74) is 3.01. The van der Waals surface area contributed by atoms with E-state index in [0.29, 0.717) is 0 Å². The van der Waals surface area contributed by atoms with Crippen LogP contribution in [0.1, 0.15) is 38.5 Å². The van der Waals surface area contributed by atoms with E-state index in [4.69, 9.17) is 0 Å². The van der Waals surface area contributed by atoms with Gasteiger partial charge in [-0.15, -0.1) is 0 Å². The van der Waals surface area contributed by atoms with Crippen molar-refractivity contribution in [2.75, 3.05) is 26.2 Å². The molecule has 0 spiro atoms. The van der Waals surface area contributed by atoms with Crippen LogP contribution in [0.4, 0.5) is 4.79 Å². The van der Waals surface area contributed by atoms with Crippen molar-refractivity contribution in [2.24, 2.45) is 0 Å². The maximum Gasteiger partial charge on any atom is 0.331 e. The van der Waals surface area contributed by atoms with E-state index in [1.807, 2.05) is 4.90 Å². The van der Waals surface area contributed by atoms with Crippen LogP contribution >= 0.6 is 0 Å². The van der Waals surface area contributed by atoms with Crippen LogP contribution in [0.25, 0.3) is 0 Å². The van der Waals surface area contributed by atoms with Crippen LogP contribution in [0.5, 0.6) is 0 Å². The molecule has 0 radical (unpaired) electrons. The molecule has 0 aromatic heterocycles. The highest BCUT2D eigenvalue weighted by atomic mass is 16.2. The lowest BCUT2D eigenvalue weighted by Gasteiger charge is -2.32. The predicted octanol–water partition coefficient (Wildman–Crippen LogP) is 1.58. The van der Waals surface area contributed by atoms with Gasteiger partial charge in [-0.3, -0.25) is 5.43 Å². The molecule has 0 unspecified atom stereocenters. The quantitative estimate of drug-likeness (QED) is 0.715. The monoisotopic (exact) mass is 211 g/mol. The van der Waals surface area contributed by atoms with Crippen LogP contribution in [0.15, 0.2) is 0 Å². The number of rotatable bonds is 1. The molecule has 0 saturated carbocycles. The summed E-state index contributed by atoms with van der Waals surface area (Å²) in [4.78, 5) is 13.8. The first-order valence-corrected chi connectivity index (χ1v) is 6.17. The van der Waals surface area contributed by atoms with Crippen molar-refractivity contribution in [1.29, 1.82) is 0 Å². The van der Waals surface area contributed by atoms with Gasteiger partial charge in [0.2, 0.25) is 0 Å². The molecule has 4 nitrogen and oxygen atoms in total. The van der Waals surface area contributed by atoms with Crippen molar-refractivity contribution < 1.29 is 4.79 Å². The van der Waals surface area contributed by atoms with Crippen molar-refractivity contribution in [2.45, 2.75) is 38.5 Å². The van der Waals surface area contributed by atoms with Crippen molar-refractivity contribution in [3.63, 3.8) is 0 Å². The number of amides is 2. The second kappa shape index (κ2) is 5.35. The van der Waals surface area contributed by atoms with E-state index >= 15 is 0 Å². The summed E-state index contributed by atoms with van der Waals surface area (Å²) in [5, 5.41) is 2.07. The summed E-state index contributed by atoms with van der Waals surface area (Å²) in [6.07, 6.45) is 7.31. The van der Waals surface area contributed by atoms with Crippen LogP contribution in [0, 0.1) is 0 Å². The summed E-state index contributed by atoms with van der Waals surface area (Å²) < 4.78 is 0. The Hall–Kier alpha value is -0.770. The fraction of sp³-hybridized carbons (Fsp3) is 0.909. The molecule has 0 aliphatic carbocycles. The third-order valence-corrected chi connectivity index (χ3v) is 3.25. The first-order valence-electron chi connectivity index (χ1n) is 6.17. The molecule has 0 atom stereocenters. The zero-order valence-corrected chi connectivity index (χ0v) is 9.37. The number of hydrogen-bond donors (Lipinski definition) is 1. The Labute approximate surface area is 91.6 Å². The molecule has 2 fully saturated rings. The van der Waals surface area contributed by atoms with Crippen molar-refractivity contribution in [1.82, 2.24) is 15.3 Å². The number of nitrogens with zero attached hydrogens (tertiary/aromatic N) is 2. The fourth-order valence-corrected chi connectivity index (χ4v) is 2.31. The number of urea groups is 1. The second-order valence-corrected chi connectivity index (χ2v) is 4.51. The van der Waals surface area contributed by atoms with Crippen molar-refractivity contribution in [3.05, 3.63) is 0 Å². The highest BCUT2D eigenvalue weighted by Crippen LogP contribution is 2.10. The van der Waals surface area contributed by atoms with Gasteiger partial charge in [0.25, 0.3) is 0 Å². The Morgan fingerprint density at radius 3 is 1.93 bits per heavy atom. The molecule has 0 aromatic carbocycles. The molecule has 2 aliphatic rings. The van der Waals surface area contributed by atoms with E-state index < -0.39 is 0 Å². The minimum absolute atomic E-state index is 0.108. The Morgan fingerprint density at radius 2 is 1.33 bits per heavy atom. The van der Waals surface area contributed by atoms with Gasteiger partial charge in [0.1, 0.15) is 0 Å². The number of piperidine rings is 2. The normalized spacial score (nSPS) is 23.9. The van der Waals surface area contributed by atoms with Gasteiger partial charge in [0.05, 0.1) is 0 Å². The Bertz CT molecular complexity index is 208. The largest absolute Gasteiger partial charge is 0.331 e. The molecular weight excluding hydrogens is 190 g/mol. The third-order valence-electron chi connectivity index (χ3n) is 3.25. The summed E-state index contributed by atoms with van der Waals surface area (Å²) in [5.74, 6) is 0. The second-order valence-electron chi connectivity index (χ2n) is 4.51. The van der Waals surface area contributed by atoms with Gasteiger partial charge < -0.3 is 4.90 Å². The van der Waals surface area contributed by atoms with Crippen LogP contribution < -0.4 is 5.43 Å². The summed E-state index contributed by atoms with van der Waals surface area (Å²) in [6, 6.07) is 0.108. The highest BCUT2D eigenvalue weighted by molar-refractivity contribution is 5.73. The van der Waals surface area contributed by atoms with Gasteiger partial charge in [-0.2, -0.15) is 0 Å². The molecule has 15 heavy (non-hydrogen) atoms. The topological polar surface area (TPSA) is 35.6 Å². The van der Waals surface area contributed by atoms with E-state index in [1.54, 1.807) is 0 Å². The van der Waals surface area contributed by atoms with E-state index in [2.05, 4.69) is 10.4 Å². The minimum Gasteiger partial charge on any atom is -0.324 e. The summed E-state index contributed by atoms with van der Waals surface area (Å²) in [7, 11) is 0. The Morgan fingerprint density at radius 1 is 0.800 bits per heavy atom. The Balaban J connectivity index is 1.74. The molecule has 2 heterocycles. The van der Waals surface area contributed by atoms with Gasteiger partial charge in [-0.05, 0) is 32.1 Å². The zero-order valence-electron chi connectivity index (χ0n) is 9.37. The molecule has 2 saturated heterocycles. The number of nitrogens with one attached hydrogen (secondary N) is 1. The van der Waals surface area contributed by atoms with Crippen LogP contribution in [-0.4, -0.2) is 42.1 Å². The number of carbonyl (C=O) groups excluding carboxylic acids is 1. The molecule has 1 N–H and O–H groups in total. The van der Waals surface area contributed by atoms with E-state index in [0.717, 1.165) is 39.0 Å². The average Bonchev–Trinajstić information content (AvgIpc) is 2.31. The number of hydrogen-bond acceptors (Lipinski definition) is 2. The molecule has 2 aliphatic heterocycles. The van der Waals surface area contributed by atoms with Gasteiger partial charge in [0, 0.05) is 26.2 Å². The fourth-order valence-electron chi connectivity index (χ4n) is 2.31. The molecule has 0 aromatic rings. The summed E-state index contributed by atoms with van der Waals surface area (Å²) >= 11 is 0. The maximum absolute atomic E-state index is 11.8. The van der Waals surface area contributed by atoms with Gasteiger partial charge in [0.15, 0.2) is 0 Å². The smallest absolute Gasteiger partial charge is 0.324 e. The molecule has 2 amide bonds. The standard InChI is InChI=1S/C11H21N3O/c15-11(13-7-3-1-4-8-13)12-14-9-5-2-6-10-14/h1-10H2,(H,12,15). The van der Waals surface area contributed by atoms with Crippen LogP contribution in [0.2, 0.25) is 0 Å². The maximum atomic E-state index is 11.8. The number of carbonyl (C=O) groups is 1. The predicted molar refractivity (Wildman–Crippen MR) is 59.4 cm³/mol. The van der Waals surface area contributed by atoms with E-state index in [-0.39, 0.29) is 6.03 Å². The third kappa shape index (κ3) is 3.09. The summed E-state index contributed by atoms with van der Waals surface area (Å²) in [6.45, 7) is 3.89. The van der Waals surface area contributed by atoms with E-state index in [9.17, 15) is 4.79 Å². The molecule has 86 valence electrons. The molecular formula is C11H21N3O. The lowest BCUT2D eigenvalue weighted by molar-refractivity contribution is 0.125. The zero-order chi connectivity index (χ0) is 10.5. The first-order chi connectivity index (χ1) is 7.36. The molecule has 4 heteroatoms. The van der Waals surface area contributed by atoms with Crippen LogP contribution in [-0.2, 0) is 0 Å². The highest BCUT2D eigenvalue weighted by Gasteiger charge is 2.19. The number of hydrazine groups is 1. The lowest BCUT2D eigenvalue weighted by Crippen LogP contribution is -2.51. The van der Waals surface area contributed by atoms with Crippen LogP contribution in [0.3, 0.4) is 0 Å². The molecule has 0 bridgehead atoms. The lowest BCUT2D eigenvalue weighted by atomic mass is 10.1. The van der Waals surface area contributed by atoms with Crippen molar-refractivity contribution >= 4 is 6.03 Å². The van der Waals surface area contributed by atoms with Crippen molar-refractivity contribution in [3.8, 4) is 0 Å². The van der Waals surface area contributed by atoms with Gasteiger partial charge >= 0.3 is 6.03 Å². The minimum atomic E-state index is 0.108. The SMILES string of the molecule is O=C(NN1CCCCC1)N1CCCCC1. The first kappa shape index (κ1) is 10.7. The Kier molecular flexibility index (Phi) is 3.83. The van der Waals surface area contributed by atoms with Gasteiger partial charge in [-0.25, -0.2) is 9.80 Å². The molecule has 2 rings (SSSR count). The average molecular weight is 211 g/mol. The van der Waals surface area contributed by atoms with E-state index in [1.165, 1.54) is 25.7 Å². The van der Waals surface area contributed by atoms with Gasteiger partial charge in [-0.1, -0.05) is 6.42 Å².